The summed E-state index contributed by atoms with van der Waals surface area (Å²) in [7, 11) is 0. The highest BCUT2D eigenvalue weighted by atomic mass is 79.9. The molecule has 0 N–H and O–H groups in total. The van der Waals surface area contributed by atoms with Gasteiger partial charge in [-0.3, -0.25) is 4.98 Å². The highest BCUT2D eigenvalue weighted by Crippen LogP contribution is 2.31. The van der Waals surface area contributed by atoms with Crippen LogP contribution in [0.5, 0.6) is 0 Å². The van der Waals surface area contributed by atoms with Gasteiger partial charge in [0, 0.05) is 17.1 Å². The summed E-state index contributed by atoms with van der Waals surface area (Å²) >= 11 is 9.31. The summed E-state index contributed by atoms with van der Waals surface area (Å²) in [5.41, 5.74) is 1.13. The predicted molar refractivity (Wildman–Crippen MR) is 59.1 cm³/mol. The topological polar surface area (TPSA) is 12.9 Å². The van der Waals surface area contributed by atoms with Crippen molar-refractivity contribution in [2.24, 2.45) is 0 Å². The molecule has 0 bridgehead atoms. The molecular weight excluding hydrogens is 268 g/mol. The van der Waals surface area contributed by atoms with Crippen LogP contribution in [0.15, 0.2) is 22.8 Å². The molecule has 14 heavy (non-hydrogen) atoms. The number of nitrogens with zero attached hydrogens (tertiary/aromatic N) is 1. The Morgan fingerprint density at radius 1 is 1.43 bits per heavy atom. The third-order valence-corrected chi connectivity index (χ3v) is 3.35. The molecule has 2 rings (SSSR count). The second kappa shape index (κ2) is 3.48. The lowest BCUT2D eigenvalue weighted by Gasteiger charge is -2.05. The van der Waals surface area contributed by atoms with Crippen molar-refractivity contribution >= 4 is 38.4 Å². The van der Waals surface area contributed by atoms with E-state index in [0.717, 1.165) is 9.86 Å². The molecule has 0 aliphatic carbocycles. The zero-order chi connectivity index (χ0) is 10.3. The van der Waals surface area contributed by atoms with Gasteiger partial charge in [-0.25, -0.2) is 4.39 Å². The normalized spacial score (nSPS) is 10.9. The third-order valence-electron chi connectivity index (χ3n) is 2.12. The summed E-state index contributed by atoms with van der Waals surface area (Å²) in [6.07, 6.45) is 1.58. The summed E-state index contributed by atoms with van der Waals surface area (Å²) in [4.78, 5) is 4.13. The molecule has 2 aromatic rings. The average Bonchev–Trinajstić information content (AvgIpc) is 2.17. The maximum Gasteiger partial charge on any atom is 0.128 e. The van der Waals surface area contributed by atoms with Crippen LogP contribution in [0.2, 0.25) is 5.02 Å². The fourth-order valence-corrected chi connectivity index (χ4v) is 1.84. The summed E-state index contributed by atoms with van der Waals surface area (Å²) in [5, 5.41) is 1.33. The van der Waals surface area contributed by atoms with Crippen LogP contribution in [0, 0.1) is 12.7 Å². The van der Waals surface area contributed by atoms with Crippen molar-refractivity contribution in [2.75, 3.05) is 0 Å². The molecule has 1 heterocycles. The molecule has 0 aliphatic rings. The number of fused-ring (bicyclic) bond motifs is 1. The minimum Gasteiger partial charge on any atom is -0.255 e. The second-order valence-electron chi connectivity index (χ2n) is 2.99. The quantitative estimate of drug-likeness (QED) is 0.705. The molecule has 1 aromatic carbocycles. The Hall–Kier alpha value is -0.670. The number of aryl methyl sites for hydroxylation is 1. The van der Waals surface area contributed by atoms with E-state index in [2.05, 4.69) is 20.9 Å². The average molecular weight is 275 g/mol. The molecular formula is C10H6BrClFN. The molecule has 1 aromatic heterocycles. The largest absolute Gasteiger partial charge is 0.255 e. The van der Waals surface area contributed by atoms with Gasteiger partial charge in [-0.05, 0) is 35.0 Å². The van der Waals surface area contributed by atoms with E-state index in [9.17, 15) is 4.39 Å². The number of hydrogen-bond donors (Lipinski definition) is 0. The fourth-order valence-electron chi connectivity index (χ4n) is 1.33. The lowest BCUT2D eigenvalue weighted by Crippen LogP contribution is -1.89. The van der Waals surface area contributed by atoms with E-state index in [-0.39, 0.29) is 5.82 Å². The minimum absolute atomic E-state index is 0.261. The SMILES string of the molecule is Cc1c(F)ccc2c(Cl)c(Br)cnc12. The van der Waals surface area contributed by atoms with Gasteiger partial charge in [0.05, 0.1) is 15.0 Å². The summed E-state index contributed by atoms with van der Waals surface area (Å²) in [6.45, 7) is 1.69. The van der Waals surface area contributed by atoms with E-state index in [1.807, 2.05) is 0 Å². The molecule has 4 heteroatoms. The van der Waals surface area contributed by atoms with Crippen molar-refractivity contribution in [1.29, 1.82) is 0 Å². The Kier molecular flexibility index (Phi) is 2.45. The van der Waals surface area contributed by atoms with Gasteiger partial charge >= 0.3 is 0 Å². The smallest absolute Gasteiger partial charge is 0.128 e. The molecule has 0 atom stereocenters. The second-order valence-corrected chi connectivity index (χ2v) is 4.22. The van der Waals surface area contributed by atoms with Crippen LogP contribution in [0.4, 0.5) is 4.39 Å². The van der Waals surface area contributed by atoms with E-state index >= 15 is 0 Å². The van der Waals surface area contributed by atoms with Crippen molar-refractivity contribution in [1.82, 2.24) is 4.98 Å². The predicted octanol–water partition coefficient (Wildman–Crippen LogP) is 4.10. The molecule has 1 nitrogen and oxygen atoms in total. The number of hydrogen-bond acceptors (Lipinski definition) is 1. The Labute approximate surface area is 94.0 Å². The number of benzene rings is 1. The van der Waals surface area contributed by atoms with Crippen LogP contribution >= 0.6 is 27.5 Å². The monoisotopic (exact) mass is 273 g/mol. The van der Waals surface area contributed by atoms with Crippen LogP contribution in [-0.2, 0) is 0 Å². The summed E-state index contributed by atoms with van der Waals surface area (Å²) in [5.74, 6) is -0.261. The lowest BCUT2D eigenvalue weighted by molar-refractivity contribution is 0.620. The molecule has 0 saturated heterocycles. The number of rotatable bonds is 0. The standard InChI is InChI=1S/C10H6BrClFN/c1-5-8(13)3-2-6-9(12)7(11)4-14-10(5)6/h2-4H,1H3. The van der Waals surface area contributed by atoms with Crippen LogP contribution in [-0.4, -0.2) is 4.98 Å². The van der Waals surface area contributed by atoms with Crippen LogP contribution in [0.1, 0.15) is 5.56 Å². The maximum absolute atomic E-state index is 13.2. The third kappa shape index (κ3) is 1.41. The van der Waals surface area contributed by atoms with Crippen molar-refractivity contribution in [3.05, 3.63) is 39.2 Å². The van der Waals surface area contributed by atoms with E-state index in [4.69, 9.17) is 11.6 Å². The Bertz CT molecular complexity index is 466. The zero-order valence-electron chi connectivity index (χ0n) is 7.31. The van der Waals surface area contributed by atoms with Crippen LogP contribution < -0.4 is 0 Å². The van der Waals surface area contributed by atoms with Crippen molar-refractivity contribution in [3.63, 3.8) is 0 Å². The lowest BCUT2D eigenvalue weighted by atomic mass is 10.1. The number of pyridine rings is 1. The van der Waals surface area contributed by atoms with Crippen LogP contribution in [0.3, 0.4) is 0 Å². The van der Waals surface area contributed by atoms with Gasteiger partial charge in [-0.15, -0.1) is 0 Å². The molecule has 0 unspecified atom stereocenters. The van der Waals surface area contributed by atoms with Crippen molar-refractivity contribution < 1.29 is 4.39 Å². The highest BCUT2D eigenvalue weighted by Gasteiger charge is 2.09. The molecule has 0 saturated carbocycles. The van der Waals surface area contributed by atoms with Crippen molar-refractivity contribution in [2.45, 2.75) is 6.92 Å². The van der Waals surface area contributed by atoms with Gasteiger partial charge in [-0.2, -0.15) is 0 Å². The molecule has 0 radical (unpaired) electrons. The first-order valence-electron chi connectivity index (χ1n) is 4.00. The van der Waals surface area contributed by atoms with E-state index in [1.54, 1.807) is 19.2 Å². The summed E-state index contributed by atoms with van der Waals surface area (Å²) < 4.78 is 13.9. The molecule has 0 aliphatic heterocycles. The molecule has 0 amide bonds. The van der Waals surface area contributed by atoms with Crippen LogP contribution in [0.25, 0.3) is 10.9 Å². The molecule has 0 fully saturated rings. The Morgan fingerprint density at radius 3 is 2.86 bits per heavy atom. The van der Waals surface area contributed by atoms with Gasteiger partial charge in [-0.1, -0.05) is 11.6 Å². The van der Waals surface area contributed by atoms with Gasteiger partial charge < -0.3 is 0 Å². The minimum atomic E-state index is -0.261. The number of halogens is 3. The van der Waals surface area contributed by atoms with E-state index in [0.29, 0.717) is 16.1 Å². The number of aromatic nitrogens is 1. The Balaban J connectivity index is 2.94. The van der Waals surface area contributed by atoms with Gasteiger partial charge in [0.2, 0.25) is 0 Å². The van der Waals surface area contributed by atoms with Gasteiger partial charge in [0.1, 0.15) is 5.82 Å². The van der Waals surface area contributed by atoms with E-state index in [1.165, 1.54) is 6.07 Å². The fraction of sp³-hybridized carbons (Fsp3) is 0.100. The molecule has 72 valence electrons. The first-order valence-corrected chi connectivity index (χ1v) is 5.17. The van der Waals surface area contributed by atoms with Gasteiger partial charge in [0.25, 0.3) is 0 Å². The Morgan fingerprint density at radius 2 is 2.14 bits per heavy atom. The summed E-state index contributed by atoms with van der Waals surface area (Å²) in [6, 6.07) is 3.04. The first-order chi connectivity index (χ1) is 6.61. The first kappa shape index (κ1) is 9.87. The van der Waals surface area contributed by atoms with Crippen molar-refractivity contribution in [3.8, 4) is 0 Å². The maximum atomic E-state index is 13.2. The zero-order valence-corrected chi connectivity index (χ0v) is 9.66. The van der Waals surface area contributed by atoms with E-state index < -0.39 is 0 Å². The highest BCUT2D eigenvalue weighted by molar-refractivity contribution is 9.10. The molecule has 0 spiro atoms. The van der Waals surface area contributed by atoms with Gasteiger partial charge in [0.15, 0.2) is 0 Å².